The molecule has 130 valence electrons. The molecule has 1 aromatic rings. The fourth-order valence-electron chi connectivity index (χ4n) is 3.48. The van der Waals surface area contributed by atoms with Crippen molar-refractivity contribution in [3.05, 3.63) is 28.2 Å². The van der Waals surface area contributed by atoms with Crippen LogP contribution in [0, 0.1) is 5.92 Å². The number of rotatable bonds is 3. The zero-order valence-electron chi connectivity index (χ0n) is 13.6. The molecule has 7 heteroatoms. The van der Waals surface area contributed by atoms with E-state index in [0.29, 0.717) is 22.3 Å². The lowest BCUT2D eigenvalue weighted by atomic mass is 10.0. The number of benzene rings is 1. The Labute approximate surface area is 151 Å². The van der Waals surface area contributed by atoms with Gasteiger partial charge in [-0.3, -0.25) is 9.59 Å². The van der Waals surface area contributed by atoms with Crippen molar-refractivity contribution in [2.75, 3.05) is 31.6 Å². The topological polar surface area (TPSA) is 52.7 Å². The maximum atomic E-state index is 12.8. The molecule has 0 spiro atoms. The maximum Gasteiger partial charge on any atom is 0.228 e. The van der Waals surface area contributed by atoms with E-state index in [2.05, 4.69) is 5.32 Å². The minimum Gasteiger partial charge on any atom is -0.342 e. The van der Waals surface area contributed by atoms with Crippen LogP contribution >= 0.6 is 23.2 Å². The van der Waals surface area contributed by atoms with Crippen LogP contribution in [0.4, 0.5) is 5.69 Å². The van der Waals surface area contributed by atoms with Crippen LogP contribution in [0.5, 0.6) is 0 Å². The smallest absolute Gasteiger partial charge is 0.228 e. The highest BCUT2D eigenvalue weighted by Crippen LogP contribution is 2.31. The van der Waals surface area contributed by atoms with Crippen molar-refractivity contribution in [1.82, 2.24) is 10.2 Å². The van der Waals surface area contributed by atoms with E-state index in [9.17, 15) is 9.59 Å². The van der Waals surface area contributed by atoms with Crippen LogP contribution in [0.25, 0.3) is 0 Å². The second kappa shape index (κ2) is 7.30. The largest absolute Gasteiger partial charge is 0.342 e. The summed E-state index contributed by atoms with van der Waals surface area (Å²) in [7, 11) is 1.85. The number of hydrogen-bond donors (Lipinski definition) is 1. The van der Waals surface area contributed by atoms with Gasteiger partial charge in [-0.05, 0) is 44.1 Å². The Morgan fingerprint density at radius 3 is 2.46 bits per heavy atom. The van der Waals surface area contributed by atoms with Crippen LogP contribution < -0.4 is 10.2 Å². The Morgan fingerprint density at radius 1 is 1.21 bits per heavy atom. The molecule has 2 amide bonds. The summed E-state index contributed by atoms with van der Waals surface area (Å²) < 4.78 is 0. The molecule has 0 aromatic heterocycles. The number of nitrogens with zero attached hydrogens (tertiary/aromatic N) is 2. The highest BCUT2D eigenvalue weighted by Gasteiger charge is 2.38. The number of hydrogen-bond acceptors (Lipinski definition) is 3. The molecule has 0 aliphatic carbocycles. The molecule has 2 saturated heterocycles. The Bertz CT molecular complexity index is 626. The molecule has 2 aliphatic heterocycles. The van der Waals surface area contributed by atoms with E-state index in [1.807, 2.05) is 11.9 Å². The summed E-state index contributed by atoms with van der Waals surface area (Å²) in [4.78, 5) is 28.6. The molecule has 2 heterocycles. The number of anilines is 1. The van der Waals surface area contributed by atoms with Crippen LogP contribution in [-0.4, -0.2) is 49.4 Å². The van der Waals surface area contributed by atoms with Gasteiger partial charge < -0.3 is 15.1 Å². The third-order valence-electron chi connectivity index (χ3n) is 4.84. The summed E-state index contributed by atoms with van der Waals surface area (Å²) in [6.07, 6.45) is 2.14. The summed E-state index contributed by atoms with van der Waals surface area (Å²) in [5, 5.41) is 4.26. The summed E-state index contributed by atoms with van der Waals surface area (Å²) in [5.41, 5.74) is 0.650. The molecule has 3 rings (SSSR count). The number of halogens is 2. The predicted molar refractivity (Wildman–Crippen MR) is 95.6 cm³/mol. The SMILES string of the molecule is CN(C(=O)C1CC(=O)N(c2cc(Cl)cc(Cl)c2)C1)C1CCNCC1. The van der Waals surface area contributed by atoms with Crippen LogP contribution in [0.1, 0.15) is 19.3 Å². The molecule has 0 bridgehead atoms. The molecule has 0 radical (unpaired) electrons. The second-order valence-electron chi connectivity index (χ2n) is 6.46. The standard InChI is InChI=1S/C17H21Cl2N3O2/c1-21(14-2-4-20-5-3-14)17(24)11-6-16(23)22(10-11)15-8-12(18)7-13(19)9-15/h7-9,11,14,20H,2-6,10H2,1H3. The zero-order valence-corrected chi connectivity index (χ0v) is 15.1. The van der Waals surface area contributed by atoms with Crippen molar-refractivity contribution in [3.63, 3.8) is 0 Å². The van der Waals surface area contributed by atoms with Gasteiger partial charge in [0.05, 0.1) is 5.92 Å². The van der Waals surface area contributed by atoms with E-state index >= 15 is 0 Å². The molecule has 2 fully saturated rings. The second-order valence-corrected chi connectivity index (χ2v) is 7.34. The molecular formula is C17H21Cl2N3O2. The van der Waals surface area contributed by atoms with Gasteiger partial charge in [-0.1, -0.05) is 23.2 Å². The number of piperidine rings is 1. The molecule has 2 aliphatic rings. The summed E-state index contributed by atoms with van der Waals surface area (Å²) in [6, 6.07) is 5.29. The predicted octanol–water partition coefficient (Wildman–Crippen LogP) is 2.56. The van der Waals surface area contributed by atoms with Gasteiger partial charge in [0.15, 0.2) is 0 Å². The molecule has 1 aromatic carbocycles. The first-order chi connectivity index (χ1) is 11.5. The molecule has 1 unspecified atom stereocenters. The van der Waals surface area contributed by atoms with Gasteiger partial charge in [0.1, 0.15) is 0 Å². The van der Waals surface area contributed by atoms with Crippen LogP contribution in [0.2, 0.25) is 10.0 Å². The summed E-state index contributed by atoms with van der Waals surface area (Å²) in [6.45, 7) is 2.24. The molecule has 1 N–H and O–H groups in total. The Kier molecular flexibility index (Phi) is 5.33. The molecule has 0 saturated carbocycles. The lowest BCUT2D eigenvalue weighted by molar-refractivity contribution is -0.137. The average molecular weight is 370 g/mol. The Hall–Kier alpha value is -1.30. The highest BCUT2D eigenvalue weighted by atomic mass is 35.5. The average Bonchev–Trinajstić information content (AvgIpc) is 2.95. The summed E-state index contributed by atoms with van der Waals surface area (Å²) in [5.74, 6) is -0.327. The van der Waals surface area contributed by atoms with E-state index in [0.717, 1.165) is 25.9 Å². The highest BCUT2D eigenvalue weighted by molar-refractivity contribution is 6.35. The fraction of sp³-hybridized carbons (Fsp3) is 0.529. The van der Waals surface area contributed by atoms with E-state index in [-0.39, 0.29) is 30.2 Å². The quantitative estimate of drug-likeness (QED) is 0.890. The normalized spacial score (nSPS) is 22.0. The monoisotopic (exact) mass is 369 g/mol. The minimum atomic E-state index is -0.310. The van der Waals surface area contributed by atoms with Crippen molar-refractivity contribution in [2.24, 2.45) is 5.92 Å². The van der Waals surface area contributed by atoms with Crippen LogP contribution in [0.15, 0.2) is 18.2 Å². The third-order valence-corrected chi connectivity index (χ3v) is 5.27. The molecule has 1 atom stereocenters. The van der Waals surface area contributed by atoms with E-state index in [4.69, 9.17) is 23.2 Å². The lowest BCUT2D eigenvalue weighted by Gasteiger charge is -2.33. The van der Waals surface area contributed by atoms with Crippen molar-refractivity contribution in [3.8, 4) is 0 Å². The first-order valence-corrected chi connectivity index (χ1v) is 8.95. The Morgan fingerprint density at radius 2 is 1.83 bits per heavy atom. The number of carbonyl (C=O) groups excluding carboxylic acids is 2. The third kappa shape index (κ3) is 3.68. The van der Waals surface area contributed by atoms with Crippen molar-refractivity contribution < 1.29 is 9.59 Å². The lowest BCUT2D eigenvalue weighted by Crippen LogP contribution is -2.46. The fourth-order valence-corrected chi connectivity index (χ4v) is 3.99. The van der Waals surface area contributed by atoms with Gasteiger partial charge >= 0.3 is 0 Å². The van der Waals surface area contributed by atoms with Gasteiger partial charge in [-0.15, -0.1) is 0 Å². The van der Waals surface area contributed by atoms with Crippen molar-refractivity contribution in [2.45, 2.75) is 25.3 Å². The van der Waals surface area contributed by atoms with Gasteiger partial charge in [-0.2, -0.15) is 0 Å². The van der Waals surface area contributed by atoms with Crippen LogP contribution in [-0.2, 0) is 9.59 Å². The maximum absolute atomic E-state index is 12.8. The number of nitrogens with one attached hydrogen (secondary N) is 1. The van der Waals surface area contributed by atoms with E-state index < -0.39 is 0 Å². The van der Waals surface area contributed by atoms with E-state index in [1.54, 1.807) is 23.1 Å². The van der Waals surface area contributed by atoms with Gasteiger partial charge in [0.25, 0.3) is 0 Å². The first-order valence-electron chi connectivity index (χ1n) is 8.19. The van der Waals surface area contributed by atoms with Gasteiger partial charge in [0, 0.05) is 41.8 Å². The summed E-state index contributed by atoms with van der Waals surface area (Å²) >= 11 is 12.0. The zero-order chi connectivity index (χ0) is 17.3. The number of carbonyl (C=O) groups is 2. The van der Waals surface area contributed by atoms with E-state index in [1.165, 1.54) is 0 Å². The van der Waals surface area contributed by atoms with Crippen molar-refractivity contribution in [1.29, 1.82) is 0 Å². The minimum absolute atomic E-state index is 0.0471. The van der Waals surface area contributed by atoms with Crippen LogP contribution in [0.3, 0.4) is 0 Å². The Balaban J connectivity index is 1.70. The molecule has 5 nitrogen and oxygen atoms in total. The molecule has 24 heavy (non-hydrogen) atoms. The van der Waals surface area contributed by atoms with Crippen molar-refractivity contribution >= 4 is 40.7 Å². The number of amides is 2. The van der Waals surface area contributed by atoms with Gasteiger partial charge in [-0.25, -0.2) is 0 Å². The van der Waals surface area contributed by atoms with Gasteiger partial charge in [0.2, 0.25) is 11.8 Å². The molecular weight excluding hydrogens is 349 g/mol. The first kappa shape index (κ1) is 17.5.